The van der Waals surface area contributed by atoms with Crippen LogP contribution >= 0.6 is 0 Å². The molecule has 0 saturated carbocycles. The van der Waals surface area contributed by atoms with E-state index in [0.29, 0.717) is 0 Å². The van der Waals surface area contributed by atoms with Crippen molar-refractivity contribution in [1.82, 2.24) is 4.90 Å². The molecule has 1 rings (SSSR count). The van der Waals surface area contributed by atoms with E-state index in [1.54, 1.807) is 0 Å². The van der Waals surface area contributed by atoms with E-state index in [-0.39, 0.29) is 0 Å². The van der Waals surface area contributed by atoms with Crippen molar-refractivity contribution in [2.24, 2.45) is 0 Å². The Labute approximate surface area is 80.4 Å². The number of likely N-dealkylation sites (tertiary alicyclic amines) is 1. The van der Waals surface area contributed by atoms with Crippen LogP contribution in [-0.4, -0.2) is 18.0 Å². The fourth-order valence-corrected chi connectivity index (χ4v) is 1.41. The van der Waals surface area contributed by atoms with Gasteiger partial charge in [0, 0.05) is 13.1 Å². The first-order valence-corrected chi connectivity index (χ1v) is 4.79. The molecule has 1 heterocycles. The number of piperidine rings is 1. The smallest absolute Gasteiger partial charge is 0.162 e. The third-order valence-electron chi connectivity index (χ3n) is 2.20. The molecular weight excluding hydrogens is 160 g/mol. The molecule has 0 aromatic heterocycles. The average Bonchev–Trinajstić information content (AvgIpc) is 2.19. The van der Waals surface area contributed by atoms with Gasteiger partial charge in [-0.15, -0.1) is 0 Å². The highest BCUT2D eigenvalue weighted by Crippen LogP contribution is 2.08. The van der Waals surface area contributed by atoms with Crippen molar-refractivity contribution in [2.45, 2.75) is 26.2 Å². The largest absolute Gasteiger partial charge is 0.377 e. The normalized spacial score (nSPS) is 19.1. The summed E-state index contributed by atoms with van der Waals surface area (Å²) in [4.78, 5) is 5.63. The Kier molecular flexibility index (Phi) is 4.11. The molecule has 0 aromatic rings. The molecule has 2 nitrogen and oxygen atoms in total. The second-order valence-corrected chi connectivity index (χ2v) is 3.36. The summed E-state index contributed by atoms with van der Waals surface area (Å²) in [6.45, 7) is 10.9. The zero-order valence-corrected chi connectivity index (χ0v) is 8.16. The van der Waals surface area contributed by atoms with Crippen LogP contribution in [0.4, 0.5) is 0 Å². The van der Waals surface area contributed by atoms with Crippen molar-refractivity contribution in [3.63, 3.8) is 0 Å². The van der Waals surface area contributed by atoms with Crippen molar-refractivity contribution in [3.05, 3.63) is 35.5 Å². The monoisotopic (exact) mass is 176 g/mol. The van der Waals surface area contributed by atoms with Crippen LogP contribution in [0.2, 0.25) is 0 Å². The highest BCUT2D eigenvalue weighted by molar-refractivity contribution is 5.15. The van der Waals surface area contributed by atoms with Gasteiger partial charge in [-0.1, -0.05) is 12.2 Å². The molecule has 0 radical (unpaired) electrons. The molecule has 1 fully saturated rings. The van der Waals surface area contributed by atoms with E-state index in [2.05, 4.69) is 15.9 Å². The minimum Gasteiger partial charge on any atom is -0.377 e. The van der Waals surface area contributed by atoms with Gasteiger partial charge < -0.3 is 4.90 Å². The number of allylic oxidation sites excluding steroid dienone is 3. The van der Waals surface area contributed by atoms with Crippen molar-refractivity contribution in [1.29, 1.82) is 0 Å². The molecule has 0 atom stereocenters. The lowest BCUT2D eigenvalue weighted by Crippen LogP contribution is -2.23. The van der Waals surface area contributed by atoms with Gasteiger partial charge in [-0.3, -0.25) is 0 Å². The highest BCUT2D eigenvalue weighted by atomic mass is 15.1. The standard InChI is InChI=1S/C11H16N2/c1-11(12-2)7-6-10-13-8-4-3-5-9-13/h6-7,10H,3-5,8-9H2,1H3/b10-6-,11-7-. The van der Waals surface area contributed by atoms with Gasteiger partial charge in [0.2, 0.25) is 0 Å². The van der Waals surface area contributed by atoms with Crippen molar-refractivity contribution in [2.75, 3.05) is 13.1 Å². The Morgan fingerprint density at radius 2 is 2.00 bits per heavy atom. The molecule has 0 aliphatic carbocycles. The van der Waals surface area contributed by atoms with Crippen molar-refractivity contribution in [3.8, 4) is 0 Å². The van der Waals surface area contributed by atoms with Crippen LogP contribution in [0.15, 0.2) is 24.0 Å². The molecule has 13 heavy (non-hydrogen) atoms. The Balaban J connectivity index is 2.35. The first-order chi connectivity index (χ1) is 6.33. The zero-order valence-electron chi connectivity index (χ0n) is 8.16. The quantitative estimate of drug-likeness (QED) is 0.463. The third-order valence-corrected chi connectivity index (χ3v) is 2.20. The second-order valence-electron chi connectivity index (χ2n) is 3.36. The van der Waals surface area contributed by atoms with Crippen LogP contribution in [0.5, 0.6) is 0 Å². The number of hydrogen-bond donors (Lipinski definition) is 0. The average molecular weight is 176 g/mol. The number of rotatable bonds is 2. The summed E-state index contributed by atoms with van der Waals surface area (Å²) in [6, 6.07) is 0. The summed E-state index contributed by atoms with van der Waals surface area (Å²) in [5, 5.41) is 0. The molecule has 0 unspecified atom stereocenters. The summed E-state index contributed by atoms with van der Waals surface area (Å²) in [6.07, 6.45) is 9.89. The van der Waals surface area contributed by atoms with Gasteiger partial charge in [0.25, 0.3) is 0 Å². The molecule has 0 spiro atoms. The molecule has 1 aliphatic rings. The topological polar surface area (TPSA) is 7.60 Å². The summed E-state index contributed by atoms with van der Waals surface area (Å²) in [5.41, 5.74) is 0.744. The molecule has 0 aromatic carbocycles. The second kappa shape index (κ2) is 5.42. The van der Waals surface area contributed by atoms with E-state index >= 15 is 0 Å². The fraction of sp³-hybridized carbons (Fsp3) is 0.545. The molecule has 0 amide bonds. The summed E-state index contributed by atoms with van der Waals surface area (Å²) in [5.74, 6) is 0. The molecule has 70 valence electrons. The zero-order chi connectivity index (χ0) is 9.52. The maximum absolute atomic E-state index is 6.74. The van der Waals surface area contributed by atoms with Crippen LogP contribution in [0.1, 0.15) is 26.2 Å². The van der Waals surface area contributed by atoms with E-state index in [9.17, 15) is 0 Å². The Hall–Kier alpha value is -1.23. The van der Waals surface area contributed by atoms with Crippen LogP contribution in [0, 0.1) is 6.57 Å². The predicted molar refractivity (Wildman–Crippen MR) is 54.9 cm³/mol. The van der Waals surface area contributed by atoms with Crippen LogP contribution in [-0.2, 0) is 0 Å². The van der Waals surface area contributed by atoms with Gasteiger partial charge in [-0.2, -0.15) is 0 Å². The maximum atomic E-state index is 6.74. The molecule has 1 saturated heterocycles. The number of nitrogens with zero attached hydrogens (tertiary/aromatic N) is 2. The lowest BCUT2D eigenvalue weighted by Gasteiger charge is -2.24. The Morgan fingerprint density at radius 1 is 1.31 bits per heavy atom. The van der Waals surface area contributed by atoms with E-state index in [1.165, 1.54) is 32.4 Å². The summed E-state index contributed by atoms with van der Waals surface area (Å²) < 4.78 is 0. The van der Waals surface area contributed by atoms with E-state index in [0.717, 1.165) is 5.70 Å². The minimum atomic E-state index is 0.744. The lowest BCUT2D eigenvalue weighted by atomic mass is 10.1. The molecule has 0 N–H and O–H groups in total. The van der Waals surface area contributed by atoms with Crippen LogP contribution in [0.3, 0.4) is 0 Å². The predicted octanol–water partition coefficient (Wildman–Crippen LogP) is 2.81. The molecule has 2 heteroatoms. The summed E-state index contributed by atoms with van der Waals surface area (Å²) >= 11 is 0. The van der Waals surface area contributed by atoms with Crippen LogP contribution in [0.25, 0.3) is 4.85 Å². The molecule has 0 bridgehead atoms. The first kappa shape index (κ1) is 9.85. The number of hydrogen-bond acceptors (Lipinski definition) is 1. The van der Waals surface area contributed by atoms with E-state index < -0.39 is 0 Å². The van der Waals surface area contributed by atoms with E-state index in [4.69, 9.17) is 6.57 Å². The fourth-order valence-electron chi connectivity index (χ4n) is 1.41. The van der Waals surface area contributed by atoms with Gasteiger partial charge in [-0.05, 0) is 32.4 Å². The Bertz CT molecular complexity index is 239. The lowest BCUT2D eigenvalue weighted by molar-refractivity contribution is 0.309. The van der Waals surface area contributed by atoms with Gasteiger partial charge in [-0.25, -0.2) is 4.85 Å². The van der Waals surface area contributed by atoms with E-state index in [1.807, 2.05) is 19.1 Å². The van der Waals surface area contributed by atoms with Gasteiger partial charge in [0.1, 0.15) is 0 Å². The third kappa shape index (κ3) is 3.80. The SMILES string of the molecule is [C-]#[N+]/C(C)=C\C=C/N1CCCCC1. The first-order valence-electron chi connectivity index (χ1n) is 4.79. The van der Waals surface area contributed by atoms with Crippen molar-refractivity contribution >= 4 is 0 Å². The molecule has 1 aliphatic heterocycles. The Morgan fingerprint density at radius 3 is 2.62 bits per heavy atom. The van der Waals surface area contributed by atoms with Gasteiger partial charge in [0.15, 0.2) is 5.70 Å². The maximum Gasteiger partial charge on any atom is 0.162 e. The van der Waals surface area contributed by atoms with Gasteiger partial charge >= 0.3 is 0 Å². The van der Waals surface area contributed by atoms with Crippen LogP contribution < -0.4 is 0 Å². The molecular formula is C11H16N2. The minimum absolute atomic E-state index is 0.744. The summed E-state index contributed by atoms with van der Waals surface area (Å²) in [7, 11) is 0. The highest BCUT2D eigenvalue weighted by Gasteiger charge is 2.03. The van der Waals surface area contributed by atoms with Gasteiger partial charge in [0.05, 0.1) is 6.57 Å². The van der Waals surface area contributed by atoms with Crippen molar-refractivity contribution < 1.29 is 0 Å².